The van der Waals surface area contributed by atoms with Gasteiger partial charge in [-0.1, -0.05) is 83.6 Å². The van der Waals surface area contributed by atoms with Crippen molar-refractivity contribution in [2.24, 2.45) is 0 Å². The second-order valence-corrected chi connectivity index (χ2v) is 20.0. The molecule has 216 valence electrons. The fourth-order valence-corrected chi connectivity index (χ4v) is 11.4. The molecule has 7 heteroatoms. The van der Waals surface area contributed by atoms with Gasteiger partial charge in [-0.05, 0) is 79.3 Å². The van der Waals surface area contributed by atoms with E-state index in [1.165, 1.54) is 0 Å². The van der Waals surface area contributed by atoms with Gasteiger partial charge in [-0.2, -0.15) is 0 Å². The van der Waals surface area contributed by atoms with E-state index in [-0.39, 0.29) is 6.61 Å². The highest BCUT2D eigenvalue weighted by atomic mass is 28.4. The molecule has 0 spiro atoms. The summed E-state index contributed by atoms with van der Waals surface area (Å²) in [5.41, 5.74) is 0.0415. The molecule has 0 radical (unpaired) electrons. The average molecular weight is 579 g/mol. The number of rotatable bonds is 14. The summed E-state index contributed by atoms with van der Waals surface area (Å²) >= 11 is 0. The van der Waals surface area contributed by atoms with Crippen molar-refractivity contribution in [2.75, 3.05) is 6.61 Å². The molecule has 0 amide bonds. The average Bonchev–Trinajstić information content (AvgIpc) is 2.99. The number of para-hydroxylation sites is 1. The van der Waals surface area contributed by atoms with Crippen molar-refractivity contribution in [3.05, 3.63) is 54.1 Å². The highest BCUT2D eigenvalue weighted by Crippen LogP contribution is 2.43. The molecule has 1 aromatic rings. The molecule has 0 saturated heterocycles. The predicted molar refractivity (Wildman–Crippen MR) is 167 cm³/mol. The summed E-state index contributed by atoms with van der Waals surface area (Å²) in [4.78, 5) is 13.1. The minimum absolute atomic E-state index is 0.201. The minimum Gasteiger partial charge on any atom is -0.482 e. The number of fused-ring (bicyclic) bond motifs is 2. The van der Waals surface area contributed by atoms with Crippen molar-refractivity contribution in [1.82, 2.24) is 0 Å². The zero-order valence-corrected chi connectivity index (χ0v) is 27.2. The molecular formula is C33H46O5Si2. The van der Waals surface area contributed by atoms with Crippen LogP contribution in [-0.4, -0.2) is 47.0 Å². The summed E-state index contributed by atoms with van der Waals surface area (Å²) in [6.07, 6.45) is 5.90. The van der Waals surface area contributed by atoms with Crippen LogP contribution in [0.15, 0.2) is 54.1 Å². The molecule has 2 aliphatic carbocycles. The molecule has 0 aromatic heterocycles. The number of allylic oxidation sites excluding steroid dienone is 3. The van der Waals surface area contributed by atoms with Crippen molar-refractivity contribution in [2.45, 2.75) is 108 Å². The van der Waals surface area contributed by atoms with Gasteiger partial charge in [-0.25, -0.2) is 4.79 Å². The van der Waals surface area contributed by atoms with Gasteiger partial charge in [0, 0.05) is 5.57 Å². The minimum atomic E-state index is -2.12. The third-order valence-electron chi connectivity index (χ3n) is 8.65. The largest absolute Gasteiger partial charge is 0.482 e. The Kier molecular flexibility index (Phi) is 11.9. The van der Waals surface area contributed by atoms with Crippen LogP contribution in [0.1, 0.15) is 54.4 Å². The maximum absolute atomic E-state index is 13.1. The first-order valence-corrected chi connectivity index (χ1v) is 20.0. The van der Waals surface area contributed by atoms with Gasteiger partial charge in [0.15, 0.2) is 29.3 Å². The van der Waals surface area contributed by atoms with E-state index in [4.69, 9.17) is 18.3 Å². The molecular weight excluding hydrogens is 533 g/mol. The van der Waals surface area contributed by atoms with Gasteiger partial charge in [-0.3, -0.25) is 0 Å². The Morgan fingerprint density at radius 1 is 0.900 bits per heavy atom. The lowest BCUT2D eigenvalue weighted by Crippen LogP contribution is -2.59. The van der Waals surface area contributed by atoms with Crippen LogP contribution in [-0.2, 0) is 18.4 Å². The molecule has 3 atom stereocenters. The van der Waals surface area contributed by atoms with Crippen LogP contribution < -0.4 is 4.74 Å². The van der Waals surface area contributed by atoms with E-state index < -0.39 is 40.4 Å². The van der Waals surface area contributed by atoms with E-state index in [1.807, 2.05) is 30.3 Å². The first kappa shape index (κ1) is 32.0. The molecule has 0 heterocycles. The standard InChI is InChI=1S/C33H46O5Si2/c1-7-39(8-2,9-3)37-32-29-23-20-26-33(32,38-40(10-4,11-5)12-6)25-19-14-13-18-24-30(29)36-31(34)27-35-28-21-16-15-17-22-28/h13-17,21-23,30,32H,7-12,20,26-27H2,1-6H3/b14-13-/t30-,32-,33+/m1/s1. The van der Waals surface area contributed by atoms with Gasteiger partial charge in [0.05, 0.1) is 0 Å². The number of carbonyl (C=O) groups excluding carboxylic acids is 1. The van der Waals surface area contributed by atoms with Crippen LogP contribution in [0, 0.1) is 23.7 Å². The number of esters is 1. The number of benzene rings is 1. The second kappa shape index (κ2) is 14.9. The molecule has 0 aliphatic heterocycles. The smallest absolute Gasteiger partial charge is 0.345 e. The maximum atomic E-state index is 13.1. The Morgan fingerprint density at radius 3 is 2.15 bits per heavy atom. The van der Waals surface area contributed by atoms with E-state index >= 15 is 0 Å². The fourth-order valence-electron chi connectivity index (χ4n) is 5.61. The Labute approximate surface area is 244 Å². The van der Waals surface area contributed by atoms with E-state index in [0.29, 0.717) is 5.75 Å². The van der Waals surface area contributed by atoms with Crippen molar-refractivity contribution < 1.29 is 23.1 Å². The summed E-state index contributed by atoms with van der Waals surface area (Å²) in [7, 11) is -4.22. The summed E-state index contributed by atoms with van der Waals surface area (Å²) in [5, 5.41) is 0. The van der Waals surface area contributed by atoms with Crippen LogP contribution in [0.5, 0.6) is 5.75 Å². The van der Waals surface area contributed by atoms with Crippen LogP contribution >= 0.6 is 0 Å². The quantitative estimate of drug-likeness (QED) is 0.0995. The Bertz CT molecular complexity index is 1150. The van der Waals surface area contributed by atoms with Crippen molar-refractivity contribution >= 4 is 22.6 Å². The number of hydrogen-bond donors (Lipinski definition) is 0. The van der Waals surface area contributed by atoms with Gasteiger partial charge in [0.25, 0.3) is 0 Å². The number of carbonyl (C=O) groups is 1. The first-order chi connectivity index (χ1) is 19.3. The second-order valence-electron chi connectivity index (χ2n) is 10.6. The predicted octanol–water partition coefficient (Wildman–Crippen LogP) is 7.43. The molecule has 1 aromatic carbocycles. The Balaban J connectivity index is 2.06. The third-order valence-corrected chi connectivity index (χ3v) is 17.9. The van der Waals surface area contributed by atoms with Crippen LogP contribution in [0.2, 0.25) is 36.3 Å². The molecule has 2 bridgehead atoms. The zero-order valence-electron chi connectivity index (χ0n) is 25.2. The molecule has 0 N–H and O–H groups in total. The number of hydrogen-bond acceptors (Lipinski definition) is 5. The topological polar surface area (TPSA) is 54.0 Å². The Morgan fingerprint density at radius 2 is 1.52 bits per heavy atom. The highest BCUT2D eigenvalue weighted by Gasteiger charge is 2.52. The maximum Gasteiger partial charge on any atom is 0.345 e. The van der Waals surface area contributed by atoms with Gasteiger partial charge in [-0.15, -0.1) is 0 Å². The first-order valence-electron chi connectivity index (χ1n) is 15.0. The molecule has 0 fully saturated rings. The normalized spacial score (nSPS) is 23.0. The van der Waals surface area contributed by atoms with E-state index in [0.717, 1.165) is 54.7 Å². The van der Waals surface area contributed by atoms with Crippen LogP contribution in [0.4, 0.5) is 0 Å². The monoisotopic (exact) mass is 578 g/mol. The lowest BCUT2D eigenvalue weighted by molar-refractivity contribution is -0.148. The van der Waals surface area contributed by atoms with Crippen molar-refractivity contribution in [1.29, 1.82) is 0 Å². The van der Waals surface area contributed by atoms with Crippen molar-refractivity contribution in [3.63, 3.8) is 0 Å². The van der Waals surface area contributed by atoms with Gasteiger partial charge in [0.1, 0.15) is 17.5 Å². The highest BCUT2D eigenvalue weighted by molar-refractivity contribution is 6.74. The van der Waals surface area contributed by atoms with E-state index in [1.54, 1.807) is 12.2 Å². The Hall–Kier alpha value is -2.56. The summed E-state index contributed by atoms with van der Waals surface area (Å²) in [6.45, 7) is 13.2. The lowest BCUT2D eigenvalue weighted by Gasteiger charge is -2.49. The van der Waals surface area contributed by atoms with Crippen LogP contribution in [0.3, 0.4) is 0 Å². The number of ether oxygens (including phenoxy) is 2. The van der Waals surface area contributed by atoms with Gasteiger partial charge >= 0.3 is 5.97 Å². The summed E-state index contributed by atoms with van der Waals surface area (Å²) in [5.74, 6) is 13.2. The third kappa shape index (κ3) is 7.59. The molecule has 0 saturated carbocycles. The van der Waals surface area contributed by atoms with Crippen LogP contribution in [0.25, 0.3) is 0 Å². The summed E-state index contributed by atoms with van der Waals surface area (Å²) in [6, 6.07) is 15.3. The molecule has 0 unspecified atom stereocenters. The van der Waals surface area contributed by atoms with Gasteiger partial charge in [0.2, 0.25) is 0 Å². The lowest BCUT2D eigenvalue weighted by atomic mass is 9.80. The van der Waals surface area contributed by atoms with E-state index in [2.05, 4.69) is 71.3 Å². The molecule has 40 heavy (non-hydrogen) atoms. The molecule has 2 aliphatic rings. The SMILES string of the molecule is CC[Si](CC)(CC)O[C@@H]1C2=CCC[C@@]1(O[Si](CC)(CC)CC)C#C/C=C\C#C[C@H]2OC(=O)COc1ccccc1. The van der Waals surface area contributed by atoms with Gasteiger partial charge < -0.3 is 18.3 Å². The summed E-state index contributed by atoms with van der Waals surface area (Å²) < 4.78 is 26.4. The molecule has 5 nitrogen and oxygen atoms in total. The zero-order chi connectivity index (χ0) is 29.1. The van der Waals surface area contributed by atoms with Crippen molar-refractivity contribution in [3.8, 4) is 29.4 Å². The van der Waals surface area contributed by atoms with E-state index in [9.17, 15) is 4.79 Å². The molecule has 3 rings (SSSR count). The fraction of sp³-hybridized carbons (Fsp3) is 0.545.